The quantitative estimate of drug-likeness (QED) is 0.612. The van der Waals surface area contributed by atoms with E-state index in [0.29, 0.717) is 32.2 Å². The topological polar surface area (TPSA) is 44.8 Å². The molecule has 0 aromatic carbocycles. The van der Waals surface area contributed by atoms with Gasteiger partial charge in [0.25, 0.3) is 0 Å². The van der Waals surface area contributed by atoms with Crippen LogP contribution >= 0.6 is 0 Å². The van der Waals surface area contributed by atoms with E-state index >= 15 is 0 Å². The Balaban J connectivity index is 2.77. The lowest BCUT2D eigenvalue weighted by Crippen LogP contribution is -2.47. The highest BCUT2D eigenvalue weighted by molar-refractivity contribution is 6.68. The molecule has 1 aliphatic rings. The molecule has 21 heavy (non-hydrogen) atoms. The molecule has 4 nitrogen and oxygen atoms in total. The average molecular weight is 312 g/mol. The van der Waals surface area contributed by atoms with Crippen molar-refractivity contribution in [3.63, 3.8) is 0 Å². The van der Waals surface area contributed by atoms with Crippen molar-refractivity contribution in [2.75, 3.05) is 19.8 Å². The van der Waals surface area contributed by atoms with Crippen molar-refractivity contribution in [1.82, 2.24) is 0 Å². The Kier molecular flexibility index (Phi) is 8.10. The lowest BCUT2D eigenvalue weighted by Gasteiger charge is -2.29. The molecule has 0 fully saturated rings. The van der Waals surface area contributed by atoms with Crippen molar-refractivity contribution in [3.05, 3.63) is 23.4 Å². The van der Waals surface area contributed by atoms with E-state index in [1.807, 2.05) is 33.8 Å². The van der Waals surface area contributed by atoms with Crippen LogP contribution in [-0.4, -0.2) is 34.4 Å². The lowest BCUT2D eigenvalue weighted by atomic mass is 9.92. The minimum absolute atomic E-state index is 0.230. The number of rotatable bonds is 9. The summed E-state index contributed by atoms with van der Waals surface area (Å²) in [7, 11) is -2.73. The summed E-state index contributed by atoms with van der Waals surface area (Å²) in [5, 5.41) is 1.07. The second-order valence-corrected chi connectivity index (χ2v) is 7.87. The average Bonchev–Trinajstić information content (AvgIpc) is 2.47. The summed E-state index contributed by atoms with van der Waals surface area (Å²) in [6, 6.07) is 0. The zero-order chi connectivity index (χ0) is 15.7. The maximum absolute atomic E-state index is 11.2. The fraction of sp³-hybridized carbons (Fsp3) is 0.688. The van der Waals surface area contributed by atoms with E-state index in [2.05, 4.69) is 6.08 Å². The van der Waals surface area contributed by atoms with Crippen molar-refractivity contribution in [1.29, 1.82) is 0 Å². The largest absolute Gasteiger partial charge is 0.532 e. The monoisotopic (exact) mass is 312 g/mol. The van der Waals surface area contributed by atoms with Crippen molar-refractivity contribution >= 4 is 14.6 Å². The van der Waals surface area contributed by atoms with Gasteiger partial charge in [-0.05, 0) is 57.7 Å². The Labute approximate surface area is 129 Å². The van der Waals surface area contributed by atoms with Crippen LogP contribution in [0.1, 0.15) is 47.0 Å². The molecule has 5 heteroatoms. The van der Waals surface area contributed by atoms with E-state index < -0.39 is 8.80 Å². The third-order valence-electron chi connectivity index (χ3n) is 3.53. The lowest BCUT2D eigenvalue weighted by molar-refractivity contribution is -0.115. The molecule has 0 bridgehead atoms. The smallest absolute Gasteiger partial charge is 0.371 e. The zero-order valence-electron chi connectivity index (χ0n) is 13.7. The van der Waals surface area contributed by atoms with E-state index in [4.69, 9.17) is 13.3 Å². The SMILES string of the molecule is CCO[Si](OCC)(OCC)/C(C)=C/CC1C=CC(=O)CC1. The Morgan fingerprint density at radius 3 is 2.24 bits per heavy atom. The van der Waals surface area contributed by atoms with E-state index in [0.717, 1.165) is 18.0 Å². The van der Waals surface area contributed by atoms with Gasteiger partial charge in [0.1, 0.15) is 0 Å². The molecule has 1 atom stereocenters. The fourth-order valence-electron chi connectivity index (χ4n) is 2.44. The van der Waals surface area contributed by atoms with Gasteiger partial charge in [0, 0.05) is 26.2 Å². The van der Waals surface area contributed by atoms with Crippen molar-refractivity contribution in [2.45, 2.75) is 47.0 Å². The Bertz CT molecular complexity index is 373. The molecule has 0 saturated heterocycles. The molecule has 120 valence electrons. The molecular formula is C16H28O4Si. The predicted molar refractivity (Wildman–Crippen MR) is 85.9 cm³/mol. The first kappa shape index (κ1) is 18.3. The van der Waals surface area contributed by atoms with Crippen LogP contribution in [0.25, 0.3) is 0 Å². The number of carbonyl (C=O) groups is 1. The Morgan fingerprint density at radius 2 is 1.81 bits per heavy atom. The highest BCUT2D eigenvalue weighted by Gasteiger charge is 2.42. The molecule has 0 aromatic rings. The third kappa shape index (κ3) is 5.51. The molecular weight excluding hydrogens is 284 g/mol. The maximum atomic E-state index is 11.2. The minimum atomic E-state index is -2.73. The zero-order valence-corrected chi connectivity index (χ0v) is 14.7. The first-order chi connectivity index (χ1) is 10.1. The van der Waals surface area contributed by atoms with Crippen LogP contribution in [0.2, 0.25) is 0 Å². The first-order valence-corrected chi connectivity index (χ1v) is 9.60. The molecule has 0 amide bonds. The van der Waals surface area contributed by atoms with Gasteiger partial charge in [-0.25, -0.2) is 0 Å². The van der Waals surface area contributed by atoms with E-state index in [1.165, 1.54) is 0 Å². The molecule has 0 N–H and O–H groups in total. The maximum Gasteiger partial charge on any atom is 0.532 e. The molecule has 0 aliphatic heterocycles. The normalized spacial score (nSPS) is 20.1. The second kappa shape index (κ2) is 9.30. The van der Waals surface area contributed by atoms with Gasteiger partial charge in [-0.2, -0.15) is 0 Å². The molecule has 0 saturated carbocycles. The van der Waals surface area contributed by atoms with Gasteiger partial charge < -0.3 is 13.3 Å². The van der Waals surface area contributed by atoms with Gasteiger partial charge in [-0.1, -0.05) is 12.2 Å². The summed E-state index contributed by atoms with van der Waals surface area (Å²) >= 11 is 0. The highest BCUT2D eigenvalue weighted by atomic mass is 28.4. The van der Waals surface area contributed by atoms with Gasteiger partial charge in [0.2, 0.25) is 0 Å². The fourth-order valence-corrected chi connectivity index (χ4v) is 4.88. The summed E-state index contributed by atoms with van der Waals surface area (Å²) < 4.78 is 17.6. The van der Waals surface area contributed by atoms with Gasteiger partial charge >= 0.3 is 8.80 Å². The van der Waals surface area contributed by atoms with Crippen LogP contribution in [0.5, 0.6) is 0 Å². The Hall–Kier alpha value is -0.753. The summed E-state index contributed by atoms with van der Waals surface area (Å²) in [5.74, 6) is 0.655. The number of hydrogen-bond acceptors (Lipinski definition) is 4. The molecule has 0 spiro atoms. The van der Waals surface area contributed by atoms with Crippen LogP contribution in [-0.2, 0) is 18.1 Å². The summed E-state index contributed by atoms with van der Waals surface area (Å²) in [6.45, 7) is 9.65. The highest BCUT2D eigenvalue weighted by Crippen LogP contribution is 2.24. The second-order valence-electron chi connectivity index (χ2n) is 5.10. The van der Waals surface area contributed by atoms with Gasteiger partial charge in [0.15, 0.2) is 5.78 Å². The van der Waals surface area contributed by atoms with E-state index in [-0.39, 0.29) is 5.78 Å². The van der Waals surface area contributed by atoms with Gasteiger partial charge in [0.05, 0.1) is 0 Å². The molecule has 1 aliphatic carbocycles. The summed E-state index contributed by atoms with van der Waals surface area (Å²) in [4.78, 5) is 11.2. The molecule has 0 aromatic heterocycles. The number of carbonyl (C=O) groups excluding carboxylic acids is 1. The molecule has 0 radical (unpaired) electrons. The van der Waals surface area contributed by atoms with Gasteiger partial charge in [-0.3, -0.25) is 4.79 Å². The van der Waals surface area contributed by atoms with Crippen LogP contribution < -0.4 is 0 Å². The number of ketones is 1. The van der Waals surface area contributed by atoms with Crippen LogP contribution in [0.4, 0.5) is 0 Å². The third-order valence-corrected chi connectivity index (χ3v) is 6.70. The standard InChI is InChI=1S/C16H28O4Si/c1-5-18-21(19-6-2,20-7-3)14(4)8-9-15-10-12-16(17)13-11-15/h8,10,12,15H,5-7,9,11,13H2,1-4H3/b14-8+. The van der Waals surface area contributed by atoms with E-state index in [9.17, 15) is 4.79 Å². The van der Waals surface area contributed by atoms with Gasteiger partial charge in [-0.15, -0.1) is 0 Å². The number of hydrogen-bond donors (Lipinski definition) is 0. The summed E-state index contributed by atoms with van der Waals surface area (Å²) in [5.41, 5.74) is 0. The number of allylic oxidation sites excluding steroid dienone is 4. The van der Waals surface area contributed by atoms with E-state index in [1.54, 1.807) is 6.08 Å². The Morgan fingerprint density at radius 1 is 1.24 bits per heavy atom. The van der Waals surface area contributed by atoms with Crippen molar-refractivity contribution in [2.24, 2.45) is 5.92 Å². The molecule has 0 heterocycles. The first-order valence-electron chi connectivity index (χ1n) is 7.88. The van der Waals surface area contributed by atoms with Crippen molar-refractivity contribution < 1.29 is 18.1 Å². The van der Waals surface area contributed by atoms with Crippen LogP contribution in [0.15, 0.2) is 23.4 Å². The molecule has 1 unspecified atom stereocenters. The summed E-state index contributed by atoms with van der Waals surface area (Å²) in [6.07, 6.45) is 8.36. The van der Waals surface area contributed by atoms with Crippen LogP contribution in [0.3, 0.4) is 0 Å². The molecule has 1 rings (SSSR count). The minimum Gasteiger partial charge on any atom is -0.371 e. The van der Waals surface area contributed by atoms with Crippen LogP contribution in [0, 0.1) is 5.92 Å². The van der Waals surface area contributed by atoms with Crippen molar-refractivity contribution in [3.8, 4) is 0 Å². The predicted octanol–water partition coefficient (Wildman–Crippen LogP) is 3.45.